The molecular formula is C23H24BrNO4S. The zero-order valence-corrected chi connectivity index (χ0v) is 19.6. The fraction of sp³-hybridized carbons (Fsp3) is 0.304. The zero-order valence-electron chi connectivity index (χ0n) is 17.2. The average Bonchev–Trinajstić information content (AvgIpc) is 3.02. The first-order chi connectivity index (χ1) is 14.4. The quantitative estimate of drug-likeness (QED) is 0.409. The standard InChI is InChI=1S/C23H24BrNO4S/c1-4-15(3)25-22(26)21(30-23(25)27)12-17-11-19(28-5-2)20(13-18(17)24)29-14-16-9-7-6-8-10-16/h6-13,15H,4-5,14H2,1-3H3/b21-12+/t15-/m0/s1. The molecule has 0 saturated carbocycles. The Morgan fingerprint density at radius 2 is 1.80 bits per heavy atom. The van der Waals surface area contributed by atoms with Crippen molar-refractivity contribution in [3.63, 3.8) is 0 Å². The van der Waals surface area contributed by atoms with Crippen molar-refractivity contribution in [2.24, 2.45) is 0 Å². The summed E-state index contributed by atoms with van der Waals surface area (Å²) in [5.74, 6) is 0.940. The molecule has 1 aliphatic heterocycles. The predicted octanol–water partition coefficient (Wildman–Crippen LogP) is 6.26. The highest BCUT2D eigenvalue weighted by Gasteiger charge is 2.37. The average molecular weight is 490 g/mol. The number of amides is 2. The summed E-state index contributed by atoms with van der Waals surface area (Å²) < 4.78 is 12.5. The number of hydrogen-bond acceptors (Lipinski definition) is 5. The number of carbonyl (C=O) groups excluding carboxylic acids is 2. The third-order valence-electron chi connectivity index (χ3n) is 4.74. The fourth-order valence-electron chi connectivity index (χ4n) is 2.96. The molecule has 158 valence electrons. The molecule has 0 N–H and O–H groups in total. The molecule has 7 heteroatoms. The molecule has 5 nitrogen and oxygen atoms in total. The smallest absolute Gasteiger partial charge is 0.293 e. The summed E-state index contributed by atoms with van der Waals surface area (Å²) >= 11 is 4.53. The molecule has 0 spiro atoms. The van der Waals surface area contributed by atoms with E-state index in [0.29, 0.717) is 29.6 Å². The van der Waals surface area contributed by atoms with Gasteiger partial charge in [0.2, 0.25) is 0 Å². The second kappa shape index (κ2) is 10.2. The van der Waals surface area contributed by atoms with Gasteiger partial charge in [-0.1, -0.05) is 53.2 Å². The first-order valence-corrected chi connectivity index (χ1v) is 11.5. The number of ether oxygens (including phenoxy) is 2. The molecule has 0 radical (unpaired) electrons. The Labute approximate surface area is 189 Å². The normalized spacial score (nSPS) is 16.3. The molecule has 1 heterocycles. The van der Waals surface area contributed by atoms with E-state index in [0.717, 1.165) is 33.8 Å². The molecule has 1 saturated heterocycles. The van der Waals surface area contributed by atoms with Gasteiger partial charge < -0.3 is 9.47 Å². The van der Waals surface area contributed by atoms with Crippen LogP contribution in [0.4, 0.5) is 4.79 Å². The van der Waals surface area contributed by atoms with Crippen LogP contribution in [0, 0.1) is 0 Å². The van der Waals surface area contributed by atoms with Gasteiger partial charge in [0, 0.05) is 10.5 Å². The molecule has 30 heavy (non-hydrogen) atoms. The third-order valence-corrected chi connectivity index (χ3v) is 6.31. The topological polar surface area (TPSA) is 55.8 Å². The Balaban J connectivity index is 1.87. The van der Waals surface area contributed by atoms with Crippen LogP contribution in [0.5, 0.6) is 11.5 Å². The molecule has 3 rings (SSSR count). The van der Waals surface area contributed by atoms with Crippen LogP contribution in [0.15, 0.2) is 51.8 Å². The minimum atomic E-state index is -0.256. The summed E-state index contributed by atoms with van der Waals surface area (Å²) in [4.78, 5) is 26.7. The van der Waals surface area contributed by atoms with Crippen LogP contribution in [-0.4, -0.2) is 28.7 Å². The van der Waals surface area contributed by atoms with E-state index in [1.54, 1.807) is 6.08 Å². The van der Waals surface area contributed by atoms with Crippen LogP contribution in [0.3, 0.4) is 0 Å². The lowest BCUT2D eigenvalue weighted by atomic mass is 10.1. The number of thioether (sulfide) groups is 1. The molecule has 0 aromatic heterocycles. The van der Waals surface area contributed by atoms with Crippen molar-refractivity contribution >= 4 is 44.9 Å². The molecule has 2 aromatic rings. The van der Waals surface area contributed by atoms with E-state index in [2.05, 4.69) is 15.9 Å². The Bertz CT molecular complexity index is 961. The van der Waals surface area contributed by atoms with E-state index in [-0.39, 0.29) is 17.2 Å². The summed E-state index contributed by atoms with van der Waals surface area (Å²) in [5, 5.41) is -0.232. The summed E-state index contributed by atoms with van der Waals surface area (Å²) in [6.45, 7) is 6.63. The van der Waals surface area contributed by atoms with Crippen molar-refractivity contribution in [3.05, 3.63) is 63.0 Å². The molecule has 1 aliphatic rings. The van der Waals surface area contributed by atoms with E-state index in [4.69, 9.17) is 9.47 Å². The van der Waals surface area contributed by atoms with E-state index in [9.17, 15) is 9.59 Å². The van der Waals surface area contributed by atoms with Crippen molar-refractivity contribution in [1.29, 1.82) is 0 Å². The number of nitrogens with zero attached hydrogens (tertiary/aromatic N) is 1. The predicted molar refractivity (Wildman–Crippen MR) is 124 cm³/mol. The highest BCUT2D eigenvalue weighted by molar-refractivity contribution is 9.10. The minimum absolute atomic E-state index is 0.125. The second-order valence-electron chi connectivity index (χ2n) is 6.84. The van der Waals surface area contributed by atoms with Gasteiger partial charge in [0.1, 0.15) is 6.61 Å². The largest absolute Gasteiger partial charge is 0.490 e. The van der Waals surface area contributed by atoms with Crippen molar-refractivity contribution in [1.82, 2.24) is 4.90 Å². The molecule has 0 aliphatic carbocycles. The van der Waals surface area contributed by atoms with E-state index >= 15 is 0 Å². The van der Waals surface area contributed by atoms with E-state index in [1.165, 1.54) is 4.90 Å². The Hall–Kier alpha value is -2.25. The summed E-state index contributed by atoms with van der Waals surface area (Å²) in [6, 6.07) is 13.4. The third kappa shape index (κ3) is 5.08. The minimum Gasteiger partial charge on any atom is -0.490 e. The van der Waals surface area contributed by atoms with Gasteiger partial charge >= 0.3 is 0 Å². The SMILES string of the molecule is CCOc1cc(/C=C2/SC(=O)N([C@@H](C)CC)C2=O)c(Br)cc1OCc1ccccc1. The maximum absolute atomic E-state index is 12.7. The monoisotopic (exact) mass is 489 g/mol. The summed E-state index contributed by atoms with van der Waals surface area (Å²) in [7, 11) is 0. The van der Waals surface area contributed by atoms with Crippen LogP contribution in [0.1, 0.15) is 38.3 Å². The van der Waals surface area contributed by atoms with Crippen molar-refractivity contribution < 1.29 is 19.1 Å². The number of imide groups is 1. The number of benzene rings is 2. The molecule has 2 aromatic carbocycles. The van der Waals surface area contributed by atoms with Gasteiger partial charge in [-0.3, -0.25) is 14.5 Å². The molecular weight excluding hydrogens is 466 g/mol. The Morgan fingerprint density at radius 3 is 2.47 bits per heavy atom. The number of carbonyl (C=O) groups is 2. The van der Waals surface area contributed by atoms with Gasteiger partial charge in [-0.2, -0.15) is 0 Å². The van der Waals surface area contributed by atoms with Crippen LogP contribution >= 0.6 is 27.7 Å². The van der Waals surface area contributed by atoms with Gasteiger partial charge in [0.05, 0.1) is 11.5 Å². The Morgan fingerprint density at radius 1 is 1.10 bits per heavy atom. The second-order valence-corrected chi connectivity index (χ2v) is 8.68. The van der Waals surface area contributed by atoms with Gasteiger partial charge in [-0.25, -0.2) is 0 Å². The lowest BCUT2D eigenvalue weighted by Gasteiger charge is -2.19. The number of rotatable bonds is 8. The first kappa shape index (κ1) is 22.4. The molecule has 2 amide bonds. The lowest BCUT2D eigenvalue weighted by molar-refractivity contribution is -0.124. The van der Waals surface area contributed by atoms with Gasteiger partial charge in [0.25, 0.3) is 11.1 Å². The maximum Gasteiger partial charge on any atom is 0.293 e. The van der Waals surface area contributed by atoms with Gasteiger partial charge in [-0.05, 0) is 61.4 Å². The summed E-state index contributed by atoms with van der Waals surface area (Å²) in [6.07, 6.45) is 2.44. The number of halogens is 1. The van der Waals surface area contributed by atoms with E-state index in [1.807, 2.05) is 63.2 Å². The van der Waals surface area contributed by atoms with Crippen LogP contribution in [0.2, 0.25) is 0 Å². The van der Waals surface area contributed by atoms with Crippen molar-refractivity contribution in [2.45, 2.75) is 39.8 Å². The number of hydrogen-bond donors (Lipinski definition) is 0. The molecule has 0 bridgehead atoms. The molecule has 0 unspecified atom stereocenters. The zero-order chi connectivity index (χ0) is 21.7. The Kier molecular flexibility index (Phi) is 7.61. The van der Waals surface area contributed by atoms with Crippen LogP contribution < -0.4 is 9.47 Å². The van der Waals surface area contributed by atoms with Crippen molar-refractivity contribution in [3.8, 4) is 11.5 Å². The lowest BCUT2D eigenvalue weighted by Crippen LogP contribution is -2.36. The van der Waals surface area contributed by atoms with Crippen LogP contribution in [-0.2, 0) is 11.4 Å². The van der Waals surface area contributed by atoms with Crippen LogP contribution in [0.25, 0.3) is 6.08 Å². The summed E-state index contributed by atoms with van der Waals surface area (Å²) in [5.41, 5.74) is 1.80. The maximum atomic E-state index is 12.7. The highest BCUT2D eigenvalue weighted by atomic mass is 79.9. The fourth-order valence-corrected chi connectivity index (χ4v) is 4.32. The van der Waals surface area contributed by atoms with E-state index < -0.39 is 0 Å². The molecule has 1 fully saturated rings. The van der Waals surface area contributed by atoms with Gasteiger partial charge in [-0.15, -0.1) is 0 Å². The highest BCUT2D eigenvalue weighted by Crippen LogP contribution is 2.39. The van der Waals surface area contributed by atoms with Gasteiger partial charge in [0.15, 0.2) is 11.5 Å². The molecule has 1 atom stereocenters. The van der Waals surface area contributed by atoms with Crippen molar-refractivity contribution in [2.75, 3.05) is 6.61 Å². The first-order valence-electron chi connectivity index (χ1n) is 9.84.